The van der Waals surface area contributed by atoms with Gasteiger partial charge in [-0.05, 0) is 34.1 Å². The third-order valence-electron chi connectivity index (χ3n) is 1.47. The van der Waals surface area contributed by atoms with E-state index in [2.05, 4.69) is 21.9 Å². The molecule has 72 valence electrons. The fourth-order valence-corrected chi connectivity index (χ4v) is 1.41. The van der Waals surface area contributed by atoms with Gasteiger partial charge >= 0.3 is 5.97 Å². The Morgan fingerprint density at radius 1 is 1.57 bits per heavy atom. The molecule has 0 amide bonds. The second kappa shape index (κ2) is 4.68. The standard InChI is InChI=1S/C10H7BrO3/c1-14-9-4-2-7(6-8(9)11)3-5-10(12)13/h2,4,6H,1H3,(H,12,13). The van der Waals surface area contributed by atoms with Crippen LogP contribution in [0, 0.1) is 11.8 Å². The summed E-state index contributed by atoms with van der Waals surface area (Å²) in [5.74, 6) is 4.08. The van der Waals surface area contributed by atoms with Crippen molar-refractivity contribution >= 4 is 21.9 Å². The minimum Gasteiger partial charge on any atom is -0.496 e. The molecule has 0 aliphatic heterocycles. The molecule has 14 heavy (non-hydrogen) atoms. The molecule has 0 aliphatic carbocycles. The zero-order valence-electron chi connectivity index (χ0n) is 7.37. The number of hydrogen-bond donors (Lipinski definition) is 1. The number of rotatable bonds is 1. The SMILES string of the molecule is COc1ccc(C#CC(=O)O)cc1Br. The second-order valence-corrected chi connectivity index (χ2v) is 3.26. The monoisotopic (exact) mass is 254 g/mol. The summed E-state index contributed by atoms with van der Waals surface area (Å²) in [6, 6.07) is 5.12. The number of methoxy groups -OCH3 is 1. The van der Waals surface area contributed by atoms with E-state index in [-0.39, 0.29) is 0 Å². The van der Waals surface area contributed by atoms with Crippen LogP contribution >= 0.6 is 15.9 Å². The Hall–Kier alpha value is -1.47. The van der Waals surface area contributed by atoms with Gasteiger partial charge in [0.2, 0.25) is 0 Å². The second-order valence-electron chi connectivity index (χ2n) is 2.40. The summed E-state index contributed by atoms with van der Waals surface area (Å²) in [4.78, 5) is 10.2. The van der Waals surface area contributed by atoms with E-state index < -0.39 is 5.97 Å². The van der Waals surface area contributed by atoms with Crippen LogP contribution in [0.3, 0.4) is 0 Å². The molecule has 0 aliphatic rings. The molecule has 1 N–H and O–H groups in total. The van der Waals surface area contributed by atoms with Crippen LogP contribution in [0.4, 0.5) is 0 Å². The molecule has 1 rings (SSSR count). The van der Waals surface area contributed by atoms with Crippen molar-refractivity contribution in [3.63, 3.8) is 0 Å². The minimum atomic E-state index is -1.14. The number of carboxylic acids is 1. The van der Waals surface area contributed by atoms with E-state index in [4.69, 9.17) is 9.84 Å². The summed E-state index contributed by atoms with van der Waals surface area (Å²) in [6.45, 7) is 0. The highest BCUT2D eigenvalue weighted by Crippen LogP contribution is 2.24. The average molecular weight is 255 g/mol. The van der Waals surface area contributed by atoms with Crippen LogP contribution in [0.1, 0.15) is 5.56 Å². The fraction of sp³-hybridized carbons (Fsp3) is 0.100. The van der Waals surface area contributed by atoms with Gasteiger partial charge in [-0.3, -0.25) is 0 Å². The summed E-state index contributed by atoms with van der Waals surface area (Å²) in [5.41, 5.74) is 0.625. The highest BCUT2D eigenvalue weighted by molar-refractivity contribution is 9.10. The molecule has 0 spiro atoms. The molecule has 0 radical (unpaired) electrons. The van der Waals surface area contributed by atoms with Crippen LogP contribution in [-0.2, 0) is 4.79 Å². The van der Waals surface area contributed by atoms with Crippen LogP contribution in [0.2, 0.25) is 0 Å². The van der Waals surface area contributed by atoms with Crippen molar-refractivity contribution in [2.24, 2.45) is 0 Å². The predicted octanol–water partition coefficient (Wildman–Crippen LogP) is 1.89. The van der Waals surface area contributed by atoms with E-state index in [9.17, 15) is 4.79 Å². The number of benzene rings is 1. The highest BCUT2D eigenvalue weighted by Gasteiger charge is 1.99. The van der Waals surface area contributed by atoms with Gasteiger partial charge in [-0.25, -0.2) is 4.79 Å². The molecule has 1 aromatic carbocycles. The highest BCUT2D eigenvalue weighted by atomic mass is 79.9. The lowest BCUT2D eigenvalue weighted by molar-refractivity contribution is -0.130. The van der Waals surface area contributed by atoms with Crippen molar-refractivity contribution in [3.05, 3.63) is 28.2 Å². The van der Waals surface area contributed by atoms with E-state index in [1.165, 1.54) is 0 Å². The van der Waals surface area contributed by atoms with Gasteiger partial charge in [0.1, 0.15) is 5.75 Å². The molecule has 3 nitrogen and oxygen atoms in total. The van der Waals surface area contributed by atoms with E-state index >= 15 is 0 Å². The Morgan fingerprint density at radius 3 is 2.79 bits per heavy atom. The predicted molar refractivity (Wildman–Crippen MR) is 55.2 cm³/mol. The molecule has 4 heteroatoms. The molecule has 0 atom stereocenters. The fourth-order valence-electron chi connectivity index (χ4n) is 0.870. The van der Waals surface area contributed by atoms with Gasteiger partial charge in [-0.2, -0.15) is 0 Å². The molecular formula is C10H7BrO3. The number of halogens is 1. The van der Waals surface area contributed by atoms with Crippen molar-refractivity contribution in [1.82, 2.24) is 0 Å². The quantitative estimate of drug-likeness (QED) is 0.779. The maximum atomic E-state index is 10.2. The summed E-state index contributed by atoms with van der Waals surface area (Å²) in [7, 11) is 1.56. The normalized spacial score (nSPS) is 8.71. The molecule has 0 heterocycles. The van der Waals surface area contributed by atoms with Crippen LogP contribution in [0.5, 0.6) is 5.75 Å². The molecule has 0 fully saturated rings. The first-order valence-corrected chi connectivity index (χ1v) is 4.51. The van der Waals surface area contributed by atoms with Crippen LogP contribution in [-0.4, -0.2) is 18.2 Å². The zero-order chi connectivity index (χ0) is 10.6. The Morgan fingerprint density at radius 2 is 2.29 bits per heavy atom. The lowest BCUT2D eigenvalue weighted by Gasteiger charge is -2.01. The van der Waals surface area contributed by atoms with Gasteiger partial charge < -0.3 is 9.84 Å². The first kappa shape index (κ1) is 10.6. The molecule has 0 saturated heterocycles. The summed E-state index contributed by atoms with van der Waals surface area (Å²) in [5, 5.41) is 8.33. The van der Waals surface area contributed by atoms with Gasteiger partial charge in [0.25, 0.3) is 0 Å². The number of aliphatic carboxylic acids is 1. The number of ether oxygens (including phenoxy) is 1. The lowest BCUT2D eigenvalue weighted by Crippen LogP contribution is -1.88. The molecular weight excluding hydrogens is 248 g/mol. The lowest BCUT2D eigenvalue weighted by atomic mass is 10.2. The van der Waals surface area contributed by atoms with Crippen molar-refractivity contribution < 1.29 is 14.6 Å². The minimum absolute atomic E-state index is 0.625. The Labute approximate surface area is 89.8 Å². The number of hydrogen-bond acceptors (Lipinski definition) is 2. The van der Waals surface area contributed by atoms with Crippen molar-refractivity contribution in [2.45, 2.75) is 0 Å². The van der Waals surface area contributed by atoms with Crippen LogP contribution < -0.4 is 4.74 Å². The maximum absolute atomic E-state index is 10.2. The van der Waals surface area contributed by atoms with Crippen molar-refractivity contribution in [3.8, 4) is 17.6 Å². The van der Waals surface area contributed by atoms with Crippen LogP contribution in [0.25, 0.3) is 0 Å². The summed E-state index contributed by atoms with van der Waals surface area (Å²) < 4.78 is 5.76. The average Bonchev–Trinajstić information content (AvgIpc) is 2.15. The molecule has 0 aromatic heterocycles. The Kier molecular flexibility index (Phi) is 3.55. The Balaban J connectivity index is 2.99. The Bertz CT molecular complexity index is 415. The van der Waals surface area contributed by atoms with Gasteiger partial charge in [-0.1, -0.05) is 5.92 Å². The number of carboxylic acid groups (broad SMARTS) is 1. The summed E-state index contributed by atoms with van der Waals surface area (Å²) in [6.07, 6.45) is 0. The maximum Gasteiger partial charge on any atom is 0.382 e. The van der Waals surface area contributed by atoms with Gasteiger partial charge in [0, 0.05) is 11.5 Å². The molecule has 1 aromatic rings. The van der Waals surface area contributed by atoms with Crippen molar-refractivity contribution in [1.29, 1.82) is 0 Å². The van der Waals surface area contributed by atoms with Gasteiger partial charge in [-0.15, -0.1) is 0 Å². The molecule has 0 unspecified atom stereocenters. The zero-order valence-corrected chi connectivity index (χ0v) is 8.96. The van der Waals surface area contributed by atoms with E-state index in [0.29, 0.717) is 11.3 Å². The van der Waals surface area contributed by atoms with E-state index in [1.807, 2.05) is 5.92 Å². The van der Waals surface area contributed by atoms with Gasteiger partial charge in [0.05, 0.1) is 11.6 Å². The van der Waals surface area contributed by atoms with E-state index in [0.717, 1.165) is 4.47 Å². The van der Waals surface area contributed by atoms with Gasteiger partial charge in [0.15, 0.2) is 0 Å². The molecule has 0 saturated carbocycles. The number of carbonyl (C=O) groups is 1. The summed E-state index contributed by atoms with van der Waals surface area (Å²) >= 11 is 3.27. The topological polar surface area (TPSA) is 46.5 Å². The van der Waals surface area contributed by atoms with E-state index in [1.54, 1.807) is 25.3 Å². The first-order valence-electron chi connectivity index (χ1n) is 3.72. The van der Waals surface area contributed by atoms with Crippen molar-refractivity contribution in [2.75, 3.05) is 7.11 Å². The smallest absolute Gasteiger partial charge is 0.382 e. The third kappa shape index (κ3) is 2.79. The first-order chi connectivity index (χ1) is 6.63. The molecule has 0 bridgehead atoms. The largest absolute Gasteiger partial charge is 0.496 e. The van der Waals surface area contributed by atoms with Crippen LogP contribution in [0.15, 0.2) is 22.7 Å². The third-order valence-corrected chi connectivity index (χ3v) is 2.09.